The van der Waals surface area contributed by atoms with E-state index in [9.17, 15) is 19.5 Å². The number of nitrogens with zero attached hydrogens (tertiary/aromatic N) is 2. The molecule has 3 aliphatic heterocycles. The number of thioether (sulfide) groups is 1. The number of carbonyl (C=O) groups excluding carboxylic acids is 3. The SMILES string of the molecule is C=CCCCOC(=O)[C@H]1[C@H]2C(=O)N(CCO)C(C(=O)N(CC=C)CCCCC)C23CC(Br)[C@@H]1S3. The lowest BCUT2D eigenvalue weighted by Crippen LogP contribution is -2.55. The minimum atomic E-state index is -0.715. The van der Waals surface area contributed by atoms with Gasteiger partial charge in [-0.25, -0.2) is 0 Å². The quantitative estimate of drug-likeness (QED) is 0.153. The van der Waals surface area contributed by atoms with Crippen molar-refractivity contribution in [2.75, 3.05) is 32.8 Å². The van der Waals surface area contributed by atoms with E-state index in [1.54, 1.807) is 28.8 Å². The van der Waals surface area contributed by atoms with Gasteiger partial charge in [0.2, 0.25) is 11.8 Å². The Morgan fingerprint density at radius 3 is 2.74 bits per heavy atom. The zero-order valence-corrected chi connectivity index (χ0v) is 22.4. The molecule has 2 bridgehead atoms. The Kier molecular flexibility index (Phi) is 9.69. The van der Waals surface area contributed by atoms with Gasteiger partial charge >= 0.3 is 5.97 Å². The maximum absolute atomic E-state index is 14.0. The molecule has 3 aliphatic rings. The molecule has 3 unspecified atom stereocenters. The number of fused-ring (bicyclic) bond motifs is 1. The molecule has 0 saturated carbocycles. The zero-order chi connectivity index (χ0) is 24.9. The van der Waals surface area contributed by atoms with Gasteiger partial charge in [-0.2, -0.15) is 0 Å². The summed E-state index contributed by atoms with van der Waals surface area (Å²) in [7, 11) is 0. The van der Waals surface area contributed by atoms with E-state index in [1.807, 2.05) is 0 Å². The molecule has 0 aromatic rings. The number of aliphatic hydroxyl groups is 1. The van der Waals surface area contributed by atoms with Gasteiger partial charge in [0.05, 0.1) is 29.8 Å². The number of unbranched alkanes of at least 4 members (excludes halogenated alkanes) is 3. The molecule has 0 aliphatic carbocycles. The Morgan fingerprint density at radius 2 is 2.09 bits per heavy atom. The molecule has 9 heteroatoms. The number of esters is 1. The second kappa shape index (κ2) is 12.1. The Morgan fingerprint density at radius 1 is 1.32 bits per heavy atom. The van der Waals surface area contributed by atoms with E-state index in [2.05, 4.69) is 36.0 Å². The van der Waals surface area contributed by atoms with E-state index >= 15 is 0 Å². The molecule has 1 N–H and O–H groups in total. The molecule has 0 aromatic heterocycles. The summed E-state index contributed by atoms with van der Waals surface area (Å²) in [6, 6.07) is -0.715. The van der Waals surface area contributed by atoms with Crippen LogP contribution in [0.5, 0.6) is 0 Å². The summed E-state index contributed by atoms with van der Waals surface area (Å²) in [4.78, 5) is 44.1. The van der Waals surface area contributed by atoms with E-state index in [1.165, 1.54) is 4.90 Å². The van der Waals surface area contributed by atoms with Gasteiger partial charge in [0.15, 0.2) is 0 Å². The highest BCUT2D eigenvalue weighted by atomic mass is 79.9. The minimum absolute atomic E-state index is 0.00426. The van der Waals surface area contributed by atoms with Crippen molar-refractivity contribution in [1.29, 1.82) is 0 Å². The smallest absolute Gasteiger partial charge is 0.310 e. The normalized spacial score (nSPS) is 31.4. The van der Waals surface area contributed by atoms with Gasteiger partial charge in [-0.05, 0) is 25.7 Å². The Bertz CT molecular complexity index is 795. The molecule has 3 heterocycles. The van der Waals surface area contributed by atoms with Crippen LogP contribution in [-0.2, 0) is 19.1 Å². The van der Waals surface area contributed by atoms with Crippen molar-refractivity contribution >= 4 is 45.5 Å². The molecular weight excluding hydrogens is 520 g/mol. The van der Waals surface area contributed by atoms with Crippen molar-refractivity contribution in [1.82, 2.24) is 9.80 Å². The first-order valence-electron chi connectivity index (χ1n) is 12.3. The summed E-state index contributed by atoms with van der Waals surface area (Å²) in [6.45, 7) is 10.7. The lowest BCUT2D eigenvalue weighted by atomic mass is 9.71. The fraction of sp³-hybridized carbons (Fsp3) is 0.720. The first-order valence-corrected chi connectivity index (χ1v) is 14.1. The van der Waals surface area contributed by atoms with E-state index in [4.69, 9.17) is 4.74 Å². The van der Waals surface area contributed by atoms with E-state index in [0.29, 0.717) is 25.9 Å². The maximum Gasteiger partial charge on any atom is 0.310 e. The second-order valence-electron chi connectivity index (χ2n) is 9.30. The lowest BCUT2D eigenvalue weighted by molar-refractivity contribution is -0.154. The van der Waals surface area contributed by atoms with Crippen LogP contribution in [0.25, 0.3) is 0 Å². The number of hydrogen-bond donors (Lipinski definition) is 1. The minimum Gasteiger partial charge on any atom is -0.465 e. The van der Waals surface area contributed by atoms with E-state index < -0.39 is 22.6 Å². The highest BCUT2D eigenvalue weighted by Crippen LogP contribution is 2.68. The molecule has 2 amide bonds. The summed E-state index contributed by atoms with van der Waals surface area (Å²) in [5.41, 5.74) is 0. The third-order valence-corrected chi connectivity index (χ3v) is 10.3. The Labute approximate surface area is 215 Å². The average Bonchev–Trinajstić information content (AvgIpc) is 3.40. The lowest BCUT2D eigenvalue weighted by Gasteiger charge is -2.37. The summed E-state index contributed by atoms with van der Waals surface area (Å²) in [6.07, 6.45) is 8.48. The summed E-state index contributed by atoms with van der Waals surface area (Å²) in [5.74, 6) is -1.93. The van der Waals surface area contributed by atoms with Crippen molar-refractivity contribution in [2.24, 2.45) is 11.8 Å². The molecule has 6 atom stereocenters. The Hall–Kier alpha value is -1.32. The highest BCUT2D eigenvalue weighted by molar-refractivity contribution is 9.09. The van der Waals surface area contributed by atoms with Crippen LogP contribution in [0, 0.1) is 11.8 Å². The number of hydrogen-bond acceptors (Lipinski definition) is 6. The summed E-state index contributed by atoms with van der Waals surface area (Å²) < 4.78 is 4.86. The molecular formula is C25H37BrN2O5S. The number of rotatable bonds is 14. The third kappa shape index (κ3) is 4.98. The van der Waals surface area contributed by atoms with E-state index in [-0.39, 0.29) is 47.6 Å². The van der Waals surface area contributed by atoms with Crippen LogP contribution in [0.4, 0.5) is 0 Å². The summed E-state index contributed by atoms with van der Waals surface area (Å²) in [5, 5.41) is 9.61. The number of β-amino-alcohol motifs (C(OH)–C–C–N with tert-alkyl or cyclic N) is 1. The Balaban J connectivity index is 1.91. The first-order chi connectivity index (χ1) is 16.4. The van der Waals surface area contributed by atoms with Gasteiger partial charge < -0.3 is 19.6 Å². The monoisotopic (exact) mass is 556 g/mol. The predicted octanol–water partition coefficient (Wildman–Crippen LogP) is 3.16. The fourth-order valence-corrected chi connectivity index (χ4v) is 9.29. The van der Waals surface area contributed by atoms with E-state index in [0.717, 1.165) is 25.7 Å². The van der Waals surface area contributed by atoms with Crippen LogP contribution in [-0.4, -0.2) is 86.4 Å². The number of carbonyl (C=O) groups is 3. The van der Waals surface area contributed by atoms with Crippen LogP contribution in [0.15, 0.2) is 25.3 Å². The van der Waals surface area contributed by atoms with Crippen LogP contribution in [0.3, 0.4) is 0 Å². The number of ether oxygens (including phenoxy) is 1. The topological polar surface area (TPSA) is 87.1 Å². The molecule has 0 aromatic carbocycles. The number of aliphatic hydroxyl groups excluding tert-OH is 1. The van der Waals surface area contributed by atoms with Crippen molar-refractivity contribution in [3.63, 3.8) is 0 Å². The molecule has 0 radical (unpaired) electrons. The van der Waals surface area contributed by atoms with Gasteiger partial charge in [-0.3, -0.25) is 14.4 Å². The van der Waals surface area contributed by atoms with Gasteiger partial charge in [-0.1, -0.05) is 47.8 Å². The van der Waals surface area contributed by atoms with Crippen LogP contribution >= 0.6 is 27.7 Å². The predicted molar refractivity (Wildman–Crippen MR) is 138 cm³/mol. The van der Waals surface area contributed by atoms with Crippen LogP contribution in [0.1, 0.15) is 45.4 Å². The van der Waals surface area contributed by atoms with Gasteiger partial charge in [0.1, 0.15) is 6.04 Å². The molecule has 3 rings (SSSR count). The maximum atomic E-state index is 14.0. The summed E-state index contributed by atoms with van der Waals surface area (Å²) >= 11 is 5.33. The average molecular weight is 558 g/mol. The van der Waals surface area contributed by atoms with Crippen molar-refractivity contribution in [2.45, 2.75) is 66.3 Å². The largest absolute Gasteiger partial charge is 0.465 e. The molecule has 190 valence electrons. The van der Waals surface area contributed by atoms with Gasteiger partial charge in [0.25, 0.3) is 0 Å². The highest BCUT2D eigenvalue weighted by Gasteiger charge is 2.76. The third-order valence-electron chi connectivity index (χ3n) is 7.13. The van der Waals surface area contributed by atoms with Gasteiger partial charge in [0, 0.05) is 29.7 Å². The fourth-order valence-electron chi connectivity index (χ4n) is 5.70. The number of amides is 2. The molecule has 34 heavy (non-hydrogen) atoms. The first kappa shape index (κ1) is 27.3. The number of alkyl halides is 1. The second-order valence-corrected chi connectivity index (χ2v) is 12.0. The number of allylic oxidation sites excluding steroid dienone is 1. The zero-order valence-electron chi connectivity index (χ0n) is 20.0. The van der Waals surface area contributed by atoms with Gasteiger partial charge in [-0.15, -0.1) is 24.9 Å². The van der Waals surface area contributed by atoms with Crippen LogP contribution in [0.2, 0.25) is 0 Å². The molecule has 7 nitrogen and oxygen atoms in total. The standard InChI is InChI=1S/C25H37BrN2O5S/c1-4-7-9-12-27(11-6-3)23(31)21-25-16-17(26)20(34-25)18(24(32)33-15-10-8-5-2)19(25)22(30)28(21)13-14-29/h5-6,17-21,29H,2-4,7-16H2,1H3/t17?,18-,19-,20-,21?,25?/m0/s1. The van der Waals surface area contributed by atoms with Crippen molar-refractivity contribution in [3.05, 3.63) is 25.3 Å². The number of halogens is 1. The van der Waals surface area contributed by atoms with Crippen molar-refractivity contribution in [3.8, 4) is 0 Å². The molecule has 1 spiro atoms. The molecule has 3 fully saturated rings. The van der Waals surface area contributed by atoms with Crippen molar-refractivity contribution < 1.29 is 24.2 Å². The molecule has 3 saturated heterocycles. The van der Waals surface area contributed by atoms with Crippen LogP contribution < -0.4 is 0 Å². The number of likely N-dealkylation sites (tertiary alicyclic amines) is 1.